The van der Waals surface area contributed by atoms with Gasteiger partial charge in [0.1, 0.15) is 5.78 Å². The van der Waals surface area contributed by atoms with Crippen LogP contribution in [0.1, 0.15) is 203 Å². The summed E-state index contributed by atoms with van der Waals surface area (Å²) in [6, 6.07) is 51.5. The minimum atomic E-state index is -0.847. The van der Waals surface area contributed by atoms with E-state index in [1.54, 1.807) is 50.8 Å². The molecule has 1 aliphatic carbocycles. The predicted octanol–water partition coefficient (Wildman–Crippen LogP) is 23.4. The van der Waals surface area contributed by atoms with Gasteiger partial charge in [-0.25, -0.2) is 4.79 Å². The highest BCUT2D eigenvalue weighted by Crippen LogP contribution is 2.40. The second kappa shape index (κ2) is 61.1. The number of carbonyl (C=O) groups excluding carboxylic acids is 7. The Bertz CT molecular complexity index is 5440. The number of benzene rings is 8. The lowest BCUT2D eigenvalue weighted by atomic mass is 9.89. The molecule has 8 aromatic rings. The number of hydrogen-bond acceptors (Lipinski definition) is 14. The molecule has 9 fully saturated rings. The maximum atomic E-state index is 13.8. The van der Waals surface area contributed by atoms with Crippen LogP contribution in [-0.4, -0.2) is 239 Å². The van der Waals surface area contributed by atoms with Crippen LogP contribution in [0.3, 0.4) is 0 Å². The summed E-state index contributed by atoms with van der Waals surface area (Å²) < 4.78 is 0. The molecule has 17 rings (SSSR count). The summed E-state index contributed by atoms with van der Waals surface area (Å²) in [7, 11) is 0. The molecular formula is C116H156BrCl6N11O11. The highest BCUT2D eigenvalue weighted by atomic mass is 79.9. The standard InChI is InChI=1S/C33H43ClN4O3.C16H20ClNO2.C16H21NO.C13H18N2.C10H13Cl2N.C9H10O2.C8H13NO3.C7H8ClN.C3H6BrCl.CH4/c1-22-9-10-29(17-30(22)34)38(32(40)26-11-15-36(16-12-26)25(4)39)14-6-13-35-18-27-20-37(21-28(27)19-35)33(41)31-23(2)7-5-8-24(31)3;1-11-3-4-13(9-15(11)17)10-16(20)14-5-7-18(8-6-14)12(2)19;1-11-5-3-6-12(2)15(11)16(18)17-9-13-7-4-8-14(13)10-17;1-2-4-11(5-3-1)8-15-9-12-6-14-7-13(12)10-15;1-8-3-4-9(7-10(8)12)13-6-2-5-11;1-6-4-3-5-7(2)8(6)9(10)11;1-6(10)9-4-2-7(3-5-9)8(11)12;1-5-2-3-6(9)4-7(5)8;4-2-1-3-5;/h5,7-10,17,26-28H,6,11-16,18-21H2,1-4H3;3-4,9,14H,5-8,10H2,1-2H3;3,5-6,13-14H,4,7-10H2,1-2H3;1-5,12-14H,6-10H2;3-4,7,13H,2,5-6H2,1H3;3-5H,1-2H3,(H,10,11);7H,2-5H2,1H3,(H,11,12);2-4H,9H2,1H3;1-3H2;1H4. The smallest absolute Gasteiger partial charge is 0.336 e. The van der Waals surface area contributed by atoms with Gasteiger partial charge in [-0.2, -0.15) is 0 Å². The van der Waals surface area contributed by atoms with Gasteiger partial charge in [0, 0.05) is 216 Å². The van der Waals surface area contributed by atoms with Crippen molar-refractivity contribution in [3.8, 4) is 0 Å². The SMILES string of the molecule is C.CC(=O)N1CCC(C(=O)Cc2ccc(C)c(Cl)c2)CC1.CC(=O)N1CCC(C(=O)N(CCCN2CC3CN(C(=O)c4c(C)cccc4C)CC3C2)c2ccc(C)c(Cl)c2)CC1.CC(=O)N1CCC(C(=O)O)CC1.Cc1ccc(N)cc1Cl.Cc1ccc(NCCCCl)cc1Cl.Cc1cccc(C)c1C(=O)N1CC2CCCC2C1.Cc1cccc(C)c1C(=O)O.ClCCCBr.c1ccc(CN2CC3CNCC3C2)cc1. The van der Waals surface area contributed by atoms with Crippen molar-refractivity contribution in [3.05, 3.63) is 261 Å². The first-order valence-corrected chi connectivity index (χ1v) is 54.7. The van der Waals surface area contributed by atoms with Gasteiger partial charge in [-0.1, -0.05) is 191 Å². The van der Waals surface area contributed by atoms with Crippen molar-refractivity contribution in [1.82, 2.24) is 39.6 Å². The molecule has 8 saturated heterocycles. The second-order valence-corrected chi connectivity index (χ2v) is 43.1. The number of hydrogen-bond donors (Lipinski definition) is 5. The number of nitrogens with one attached hydrogen (secondary N) is 2. The van der Waals surface area contributed by atoms with E-state index in [-0.39, 0.29) is 66.4 Å². The summed E-state index contributed by atoms with van der Waals surface area (Å²) in [5.41, 5.74) is 22.8. The molecule has 0 radical (unpaired) electrons. The number of alkyl halides is 3. The van der Waals surface area contributed by atoms with Crippen molar-refractivity contribution in [3.63, 3.8) is 0 Å². The number of nitrogens with zero attached hydrogens (tertiary/aromatic N) is 8. The number of nitrogen functional groups attached to an aromatic ring is 1. The first-order valence-electron chi connectivity index (χ1n) is 51.0. The molecule has 145 heavy (non-hydrogen) atoms. The molecule has 790 valence electrons. The predicted molar refractivity (Wildman–Crippen MR) is 599 cm³/mol. The lowest BCUT2D eigenvalue weighted by Crippen LogP contribution is -2.44. The van der Waals surface area contributed by atoms with Gasteiger partial charge in [0.05, 0.1) is 11.5 Å². The number of likely N-dealkylation sites (tertiary alicyclic amines) is 7. The topological polar surface area (TPSA) is 270 Å². The Morgan fingerprint density at radius 2 is 0.834 bits per heavy atom. The number of nitrogens with two attached hydrogens (primary N) is 1. The number of fused-ring (bicyclic) bond motifs is 3. The van der Waals surface area contributed by atoms with Gasteiger partial charge in [0.15, 0.2) is 0 Å². The van der Waals surface area contributed by atoms with Crippen LogP contribution in [0.15, 0.2) is 158 Å². The van der Waals surface area contributed by atoms with E-state index >= 15 is 0 Å². The molecule has 0 bridgehead atoms. The van der Waals surface area contributed by atoms with E-state index in [0.29, 0.717) is 117 Å². The zero-order chi connectivity index (χ0) is 105. The zero-order valence-corrected chi connectivity index (χ0v) is 92.7. The number of carboxylic acid groups (broad SMARTS) is 2. The Balaban J connectivity index is 0.000000212. The lowest BCUT2D eigenvalue weighted by Gasteiger charge is -2.34. The van der Waals surface area contributed by atoms with Crippen LogP contribution in [-0.2, 0) is 41.7 Å². The van der Waals surface area contributed by atoms with Crippen LogP contribution in [0.4, 0.5) is 17.1 Å². The number of amides is 6. The zero-order valence-electron chi connectivity index (χ0n) is 86.5. The summed E-state index contributed by atoms with van der Waals surface area (Å²) in [6.45, 7) is 42.3. The van der Waals surface area contributed by atoms with Crippen molar-refractivity contribution in [2.24, 2.45) is 53.3 Å². The first-order chi connectivity index (χ1) is 68.8. The van der Waals surface area contributed by atoms with Gasteiger partial charge in [-0.05, 0) is 304 Å². The number of aliphatic carboxylic acids is 1. The van der Waals surface area contributed by atoms with Gasteiger partial charge < -0.3 is 60.9 Å². The number of piperidine rings is 3. The largest absolute Gasteiger partial charge is 0.481 e. The maximum Gasteiger partial charge on any atom is 0.336 e. The van der Waals surface area contributed by atoms with Gasteiger partial charge in [0.25, 0.3) is 11.8 Å². The van der Waals surface area contributed by atoms with Crippen molar-refractivity contribution >= 4 is 156 Å². The van der Waals surface area contributed by atoms with Crippen LogP contribution >= 0.6 is 85.5 Å². The number of rotatable bonds is 21. The Morgan fingerprint density at radius 1 is 0.421 bits per heavy atom. The van der Waals surface area contributed by atoms with Gasteiger partial charge in [0.2, 0.25) is 23.6 Å². The van der Waals surface area contributed by atoms with E-state index in [4.69, 9.17) is 85.6 Å². The summed E-state index contributed by atoms with van der Waals surface area (Å²) in [5.74, 6) is 5.01. The summed E-state index contributed by atoms with van der Waals surface area (Å²) in [5, 5.41) is 28.1. The van der Waals surface area contributed by atoms with E-state index in [1.165, 1.54) is 57.9 Å². The number of halogens is 7. The third-order valence-corrected chi connectivity index (χ3v) is 31.8. The van der Waals surface area contributed by atoms with Crippen molar-refractivity contribution in [2.75, 3.05) is 157 Å². The average Bonchev–Trinajstić information content (AvgIpc) is 1.63. The number of Topliss-reactive ketones (excluding diaryl/α,β-unsaturated/α-hetero) is 1. The molecule has 8 aromatic carbocycles. The molecule has 8 aliphatic heterocycles. The van der Waals surface area contributed by atoms with E-state index < -0.39 is 11.9 Å². The molecule has 22 nitrogen and oxygen atoms in total. The van der Waals surface area contributed by atoms with Crippen LogP contribution in [0.5, 0.6) is 0 Å². The van der Waals surface area contributed by atoms with Gasteiger partial charge in [-0.3, -0.25) is 43.3 Å². The fraction of sp³-hybridized carbons (Fsp3) is 0.509. The number of carboxylic acids is 2. The lowest BCUT2D eigenvalue weighted by molar-refractivity contribution is -0.145. The number of aryl methyl sites for hydroxylation is 10. The van der Waals surface area contributed by atoms with E-state index in [9.17, 15) is 43.2 Å². The molecule has 6 N–H and O–H groups in total. The van der Waals surface area contributed by atoms with Crippen LogP contribution in [0.25, 0.3) is 0 Å². The quantitative estimate of drug-likeness (QED) is 0.0254. The monoisotopic (exact) mass is 2170 g/mol. The van der Waals surface area contributed by atoms with Crippen molar-refractivity contribution in [2.45, 2.75) is 187 Å². The third kappa shape index (κ3) is 37.5. The molecular weight excluding hydrogens is 2020 g/mol. The van der Waals surface area contributed by atoms with Crippen LogP contribution in [0.2, 0.25) is 20.1 Å². The number of anilines is 3. The fourth-order valence-electron chi connectivity index (χ4n) is 20.5. The Kier molecular flexibility index (Phi) is 51.1. The Morgan fingerprint density at radius 3 is 1.24 bits per heavy atom. The second-order valence-electron chi connectivity index (χ2n) is 40.0. The highest BCUT2D eigenvalue weighted by molar-refractivity contribution is 9.09. The summed E-state index contributed by atoms with van der Waals surface area (Å²) in [4.78, 5) is 124. The third-order valence-electron chi connectivity index (χ3n) is 29.1. The normalized spacial score (nSPS) is 18.8. The summed E-state index contributed by atoms with van der Waals surface area (Å²) in [6.07, 6.45) is 11.5. The minimum Gasteiger partial charge on any atom is -0.481 e. The molecule has 6 unspecified atom stereocenters. The fourth-order valence-corrected chi connectivity index (χ4v) is 22.1. The Hall–Kier alpha value is -9.11. The number of aromatic carboxylic acids is 1. The van der Waals surface area contributed by atoms with Crippen LogP contribution in [0, 0.1) is 122 Å². The van der Waals surface area contributed by atoms with Gasteiger partial charge >= 0.3 is 11.9 Å². The highest BCUT2D eigenvalue weighted by Gasteiger charge is 2.44. The number of carbonyl (C=O) groups is 9. The molecule has 29 heteroatoms. The van der Waals surface area contributed by atoms with Crippen molar-refractivity contribution < 1.29 is 53.4 Å². The van der Waals surface area contributed by atoms with E-state index in [0.717, 1.165) is 220 Å². The molecule has 8 heterocycles. The molecule has 6 atom stereocenters. The number of ketones is 1. The maximum absolute atomic E-state index is 13.8. The molecule has 0 spiro atoms. The van der Waals surface area contributed by atoms with E-state index in [1.807, 2.05) is 179 Å². The summed E-state index contributed by atoms with van der Waals surface area (Å²) >= 11 is 38.3. The Labute approximate surface area is 901 Å². The molecule has 1 saturated carbocycles. The van der Waals surface area contributed by atoms with Gasteiger partial charge in [-0.15, -0.1) is 23.2 Å². The molecule has 9 aliphatic rings. The minimum absolute atomic E-state index is 0. The van der Waals surface area contributed by atoms with Crippen LogP contribution < -0.4 is 21.3 Å². The first kappa shape index (κ1) is 121. The molecule has 0 aromatic heterocycles. The molecule has 6 amide bonds. The van der Waals surface area contributed by atoms with E-state index in [2.05, 4.69) is 76.5 Å². The average molecular weight is 2170 g/mol. The van der Waals surface area contributed by atoms with Crippen molar-refractivity contribution in [1.29, 1.82) is 0 Å².